The molecule has 0 bridgehead atoms. The Kier molecular flexibility index (Phi) is 5.73. The second kappa shape index (κ2) is 7.54. The van der Waals surface area contributed by atoms with Gasteiger partial charge in [-0.05, 0) is 18.1 Å². The van der Waals surface area contributed by atoms with E-state index in [4.69, 9.17) is 17.3 Å². The number of thiazole rings is 1. The van der Waals surface area contributed by atoms with Crippen LogP contribution in [0.15, 0.2) is 30.5 Å². The van der Waals surface area contributed by atoms with Crippen LogP contribution in [0.3, 0.4) is 0 Å². The molecule has 0 aliphatic rings. The van der Waals surface area contributed by atoms with Crippen molar-refractivity contribution in [2.24, 2.45) is 5.73 Å². The Morgan fingerprint density at radius 2 is 2.24 bits per heavy atom. The summed E-state index contributed by atoms with van der Waals surface area (Å²) >= 11 is 7.58. The highest BCUT2D eigenvalue weighted by Crippen LogP contribution is 2.24. The fraction of sp³-hybridized carbons (Fsp3) is 0.333. The molecule has 0 spiro atoms. The number of anilines is 1. The quantitative estimate of drug-likeness (QED) is 0.855. The highest BCUT2D eigenvalue weighted by atomic mass is 35.5. The molecule has 0 aliphatic carbocycles. The summed E-state index contributed by atoms with van der Waals surface area (Å²) in [6, 6.07) is 7.22. The van der Waals surface area contributed by atoms with Gasteiger partial charge in [0.05, 0.1) is 6.04 Å². The molecule has 0 saturated carbocycles. The number of benzene rings is 1. The summed E-state index contributed by atoms with van der Waals surface area (Å²) in [6.07, 6.45) is 4.01. The highest BCUT2D eigenvalue weighted by Gasteiger charge is 2.14. The summed E-state index contributed by atoms with van der Waals surface area (Å²) in [4.78, 5) is 17.1. The topological polar surface area (TPSA) is 68.0 Å². The zero-order valence-electron chi connectivity index (χ0n) is 11.8. The maximum absolute atomic E-state index is 11.8. The molecule has 1 heterocycles. The van der Waals surface area contributed by atoms with Gasteiger partial charge in [-0.1, -0.05) is 43.1 Å². The number of hydrogen-bond donors (Lipinski definition) is 2. The van der Waals surface area contributed by atoms with E-state index < -0.39 is 6.04 Å². The molecule has 1 unspecified atom stereocenters. The zero-order chi connectivity index (χ0) is 15.2. The molecule has 1 atom stereocenters. The molecule has 3 N–H and O–H groups in total. The summed E-state index contributed by atoms with van der Waals surface area (Å²) in [5.41, 5.74) is 6.82. The molecule has 0 radical (unpaired) electrons. The molecule has 1 aromatic carbocycles. The van der Waals surface area contributed by atoms with E-state index in [0.717, 1.165) is 21.9 Å². The van der Waals surface area contributed by atoms with Gasteiger partial charge in [-0.15, -0.1) is 11.3 Å². The lowest BCUT2D eigenvalue weighted by molar-refractivity contribution is -0.117. The van der Waals surface area contributed by atoms with Crippen LogP contribution in [0.25, 0.3) is 0 Å². The van der Waals surface area contributed by atoms with E-state index in [9.17, 15) is 4.79 Å². The van der Waals surface area contributed by atoms with Crippen LogP contribution in [-0.4, -0.2) is 16.9 Å². The SMILES string of the molecule is CCCC(N)C(=O)Nc1ncc(Cc2ccccc2Cl)s1. The van der Waals surface area contributed by atoms with Crippen molar-refractivity contribution in [3.8, 4) is 0 Å². The van der Waals surface area contributed by atoms with E-state index in [1.165, 1.54) is 11.3 Å². The molecular weight excluding hydrogens is 306 g/mol. The van der Waals surface area contributed by atoms with Crippen LogP contribution in [0, 0.1) is 0 Å². The normalized spacial score (nSPS) is 12.1. The first-order chi connectivity index (χ1) is 10.1. The molecule has 1 aromatic heterocycles. The largest absolute Gasteiger partial charge is 0.320 e. The van der Waals surface area contributed by atoms with Crippen LogP contribution >= 0.6 is 22.9 Å². The van der Waals surface area contributed by atoms with Gasteiger partial charge < -0.3 is 11.1 Å². The number of carbonyl (C=O) groups is 1. The maximum atomic E-state index is 11.8. The average molecular weight is 324 g/mol. The third-order valence-electron chi connectivity index (χ3n) is 3.04. The first-order valence-electron chi connectivity index (χ1n) is 6.84. The van der Waals surface area contributed by atoms with Crippen molar-refractivity contribution < 1.29 is 4.79 Å². The maximum Gasteiger partial charge on any atom is 0.243 e. The first kappa shape index (κ1) is 15.9. The molecule has 0 fully saturated rings. The minimum atomic E-state index is -0.481. The molecule has 1 amide bonds. The van der Waals surface area contributed by atoms with Crippen molar-refractivity contribution in [2.45, 2.75) is 32.2 Å². The third-order valence-corrected chi connectivity index (χ3v) is 4.32. The molecule has 2 aromatic rings. The average Bonchev–Trinajstić information content (AvgIpc) is 2.89. The zero-order valence-corrected chi connectivity index (χ0v) is 13.4. The van der Waals surface area contributed by atoms with Crippen molar-refractivity contribution in [1.29, 1.82) is 0 Å². The number of aromatic nitrogens is 1. The van der Waals surface area contributed by atoms with Crippen molar-refractivity contribution in [1.82, 2.24) is 4.98 Å². The molecule has 6 heteroatoms. The van der Waals surface area contributed by atoms with Gasteiger partial charge in [0.15, 0.2) is 5.13 Å². The molecule has 21 heavy (non-hydrogen) atoms. The number of halogens is 1. The molecule has 0 aliphatic heterocycles. The summed E-state index contributed by atoms with van der Waals surface area (Å²) in [7, 11) is 0. The van der Waals surface area contributed by atoms with Gasteiger partial charge >= 0.3 is 0 Å². The Morgan fingerprint density at radius 1 is 1.48 bits per heavy atom. The predicted octanol–water partition coefficient (Wildman–Crippen LogP) is 3.45. The van der Waals surface area contributed by atoms with Gasteiger partial charge in [-0.2, -0.15) is 0 Å². The Morgan fingerprint density at radius 3 is 2.95 bits per heavy atom. The molecule has 2 rings (SSSR count). The van der Waals surface area contributed by atoms with Crippen LogP contribution in [0.5, 0.6) is 0 Å². The van der Waals surface area contributed by atoms with Crippen molar-refractivity contribution >= 4 is 34.0 Å². The standard InChI is InChI=1S/C15H18ClN3OS/c1-2-5-13(17)14(20)19-15-18-9-11(21-15)8-10-6-3-4-7-12(10)16/h3-4,6-7,9,13H,2,5,8,17H2,1H3,(H,18,19,20). The lowest BCUT2D eigenvalue weighted by Crippen LogP contribution is -2.35. The van der Waals surface area contributed by atoms with Gasteiger partial charge in [0.1, 0.15) is 0 Å². The summed E-state index contributed by atoms with van der Waals surface area (Å²) in [5.74, 6) is -0.185. The van der Waals surface area contributed by atoms with E-state index in [1.54, 1.807) is 6.20 Å². The lowest BCUT2D eigenvalue weighted by atomic mass is 10.1. The lowest BCUT2D eigenvalue weighted by Gasteiger charge is -2.08. The Labute approximate surface area is 133 Å². The highest BCUT2D eigenvalue weighted by molar-refractivity contribution is 7.15. The van der Waals surface area contributed by atoms with Gasteiger partial charge in [-0.25, -0.2) is 4.98 Å². The molecule has 0 saturated heterocycles. The number of hydrogen-bond acceptors (Lipinski definition) is 4. The van der Waals surface area contributed by atoms with Crippen LogP contribution < -0.4 is 11.1 Å². The predicted molar refractivity (Wildman–Crippen MR) is 87.9 cm³/mol. The van der Waals surface area contributed by atoms with E-state index in [-0.39, 0.29) is 5.91 Å². The number of amides is 1. The summed E-state index contributed by atoms with van der Waals surface area (Å²) < 4.78 is 0. The van der Waals surface area contributed by atoms with E-state index >= 15 is 0 Å². The Balaban J connectivity index is 1.99. The van der Waals surface area contributed by atoms with Gasteiger partial charge in [-0.3, -0.25) is 4.79 Å². The van der Waals surface area contributed by atoms with Gasteiger partial charge in [0, 0.05) is 22.5 Å². The number of carbonyl (C=O) groups excluding carboxylic acids is 1. The summed E-state index contributed by atoms with van der Waals surface area (Å²) in [5, 5.41) is 4.07. The van der Waals surface area contributed by atoms with Crippen LogP contribution in [0.4, 0.5) is 5.13 Å². The minimum Gasteiger partial charge on any atom is -0.320 e. The fourth-order valence-electron chi connectivity index (χ4n) is 1.92. The molecule has 4 nitrogen and oxygen atoms in total. The van der Waals surface area contributed by atoms with Crippen molar-refractivity contribution in [3.63, 3.8) is 0 Å². The fourth-order valence-corrected chi connectivity index (χ4v) is 2.96. The Bertz CT molecular complexity index is 614. The van der Waals surface area contributed by atoms with E-state index in [0.29, 0.717) is 18.0 Å². The number of nitrogens with zero attached hydrogens (tertiary/aromatic N) is 1. The molecule has 112 valence electrons. The van der Waals surface area contributed by atoms with Crippen LogP contribution in [0.1, 0.15) is 30.2 Å². The first-order valence-corrected chi connectivity index (χ1v) is 8.04. The second-order valence-corrected chi connectivity index (χ2v) is 6.31. The van der Waals surface area contributed by atoms with Gasteiger partial charge in [0.25, 0.3) is 0 Å². The smallest absolute Gasteiger partial charge is 0.243 e. The number of rotatable bonds is 6. The third kappa shape index (κ3) is 4.52. The number of nitrogens with two attached hydrogens (primary N) is 1. The molecular formula is C15H18ClN3OS. The monoisotopic (exact) mass is 323 g/mol. The Hall–Kier alpha value is -1.43. The summed E-state index contributed by atoms with van der Waals surface area (Å²) in [6.45, 7) is 2.00. The number of nitrogens with one attached hydrogen (secondary N) is 1. The second-order valence-electron chi connectivity index (χ2n) is 4.78. The van der Waals surface area contributed by atoms with Crippen molar-refractivity contribution in [3.05, 3.63) is 45.9 Å². The van der Waals surface area contributed by atoms with Gasteiger partial charge in [0.2, 0.25) is 5.91 Å². The van der Waals surface area contributed by atoms with E-state index in [2.05, 4.69) is 10.3 Å². The minimum absolute atomic E-state index is 0.185. The van der Waals surface area contributed by atoms with Crippen LogP contribution in [-0.2, 0) is 11.2 Å². The van der Waals surface area contributed by atoms with Crippen molar-refractivity contribution in [2.75, 3.05) is 5.32 Å². The van der Waals surface area contributed by atoms with E-state index in [1.807, 2.05) is 31.2 Å². The van der Waals surface area contributed by atoms with Crippen LogP contribution in [0.2, 0.25) is 5.02 Å².